The first-order valence-corrected chi connectivity index (χ1v) is 5.80. The number of aliphatic carboxylic acids is 1. The summed E-state index contributed by atoms with van der Waals surface area (Å²) in [5, 5.41) is 8.68. The predicted molar refractivity (Wildman–Crippen MR) is 61.7 cm³/mol. The van der Waals surface area contributed by atoms with Crippen LogP contribution in [0.1, 0.15) is 5.56 Å². The standard InChI is InChI=1S/C12H10F3NO5/c13-12(14,15)21-8-1-2-9-7(5-8)6-16(3-4-20-9)10(17)11(18)19/h1-2,5H,3-4,6H2,(H,18,19). The van der Waals surface area contributed by atoms with Crippen molar-refractivity contribution in [1.29, 1.82) is 0 Å². The van der Waals surface area contributed by atoms with Gasteiger partial charge in [0.25, 0.3) is 0 Å². The van der Waals surface area contributed by atoms with Gasteiger partial charge < -0.3 is 19.5 Å². The van der Waals surface area contributed by atoms with Crippen LogP contribution in [0.3, 0.4) is 0 Å². The first-order valence-electron chi connectivity index (χ1n) is 5.80. The normalized spacial score (nSPS) is 14.7. The van der Waals surface area contributed by atoms with Gasteiger partial charge in [-0.25, -0.2) is 4.79 Å². The Morgan fingerprint density at radius 1 is 1.33 bits per heavy atom. The van der Waals surface area contributed by atoms with Crippen molar-refractivity contribution >= 4 is 11.9 Å². The van der Waals surface area contributed by atoms with Gasteiger partial charge in [0, 0.05) is 5.56 Å². The summed E-state index contributed by atoms with van der Waals surface area (Å²) in [7, 11) is 0. The van der Waals surface area contributed by atoms with Gasteiger partial charge in [-0.3, -0.25) is 4.79 Å². The maximum Gasteiger partial charge on any atom is 0.573 e. The summed E-state index contributed by atoms with van der Waals surface area (Å²) < 4.78 is 45.6. The Balaban J connectivity index is 2.25. The number of alkyl halides is 3. The van der Waals surface area contributed by atoms with Crippen LogP contribution >= 0.6 is 0 Å². The number of rotatable bonds is 1. The highest BCUT2D eigenvalue weighted by Gasteiger charge is 2.32. The molecule has 114 valence electrons. The monoisotopic (exact) mass is 305 g/mol. The van der Waals surface area contributed by atoms with Gasteiger partial charge in [-0.05, 0) is 18.2 Å². The number of carboxylic acid groups (broad SMARTS) is 1. The molecule has 6 nitrogen and oxygen atoms in total. The number of carboxylic acids is 1. The number of carbonyl (C=O) groups excluding carboxylic acids is 1. The van der Waals surface area contributed by atoms with Gasteiger partial charge >= 0.3 is 18.2 Å². The summed E-state index contributed by atoms with van der Waals surface area (Å²) in [6.07, 6.45) is -4.84. The Morgan fingerprint density at radius 2 is 2.05 bits per heavy atom. The van der Waals surface area contributed by atoms with Gasteiger partial charge in [-0.15, -0.1) is 13.2 Å². The molecule has 0 radical (unpaired) electrons. The van der Waals surface area contributed by atoms with Crippen LogP contribution in [0.2, 0.25) is 0 Å². The third-order valence-corrected chi connectivity index (χ3v) is 2.72. The average molecular weight is 305 g/mol. The van der Waals surface area contributed by atoms with Crippen molar-refractivity contribution < 1.29 is 37.3 Å². The van der Waals surface area contributed by atoms with Gasteiger partial charge in [-0.1, -0.05) is 0 Å². The highest BCUT2D eigenvalue weighted by atomic mass is 19.4. The third-order valence-electron chi connectivity index (χ3n) is 2.72. The van der Waals surface area contributed by atoms with Crippen molar-refractivity contribution in [2.75, 3.05) is 13.2 Å². The lowest BCUT2D eigenvalue weighted by Crippen LogP contribution is -2.37. The van der Waals surface area contributed by atoms with Crippen molar-refractivity contribution in [1.82, 2.24) is 4.90 Å². The van der Waals surface area contributed by atoms with E-state index >= 15 is 0 Å². The second kappa shape index (κ2) is 5.51. The van der Waals surface area contributed by atoms with Crippen LogP contribution in [-0.4, -0.2) is 41.4 Å². The zero-order valence-corrected chi connectivity index (χ0v) is 10.5. The van der Waals surface area contributed by atoms with E-state index in [0.29, 0.717) is 0 Å². The molecule has 2 rings (SSSR count). The molecule has 21 heavy (non-hydrogen) atoms. The summed E-state index contributed by atoms with van der Waals surface area (Å²) in [5.41, 5.74) is 0.240. The van der Waals surface area contributed by atoms with Crippen LogP contribution in [-0.2, 0) is 16.1 Å². The molecular formula is C12H10F3NO5. The number of amides is 1. The van der Waals surface area contributed by atoms with Gasteiger partial charge in [0.1, 0.15) is 18.1 Å². The van der Waals surface area contributed by atoms with E-state index in [9.17, 15) is 22.8 Å². The van der Waals surface area contributed by atoms with E-state index in [2.05, 4.69) is 4.74 Å². The summed E-state index contributed by atoms with van der Waals surface area (Å²) in [4.78, 5) is 23.1. The van der Waals surface area contributed by atoms with Crippen LogP contribution in [0, 0.1) is 0 Å². The number of hydrogen-bond acceptors (Lipinski definition) is 4. The largest absolute Gasteiger partial charge is 0.573 e. The number of hydrogen-bond donors (Lipinski definition) is 1. The van der Waals surface area contributed by atoms with Crippen molar-refractivity contribution in [2.45, 2.75) is 12.9 Å². The number of benzene rings is 1. The molecule has 1 amide bonds. The van der Waals surface area contributed by atoms with Crippen LogP contribution in [0.25, 0.3) is 0 Å². The number of carbonyl (C=O) groups is 2. The van der Waals surface area contributed by atoms with Gasteiger partial charge in [-0.2, -0.15) is 0 Å². The van der Waals surface area contributed by atoms with Crippen LogP contribution in [0.5, 0.6) is 11.5 Å². The molecule has 0 spiro atoms. The molecule has 0 bridgehead atoms. The molecule has 1 N–H and O–H groups in total. The van der Waals surface area contributed by atoms with E-state index in [1.165, 1.54) is 6.07 Å². The summed E-state index contributed by atoms with van der Waals surface area (Å²) in [6.45, 7) is -0.101. The van der Waals surface area contributed by atoms with Crippen molar-refractivity contribution in [3.05, 3.63) is 23.8 Å². The fourth-order valence-electron chi connectivity index (χ4n) is 1.88. The van der Waals surface area contributed by atoms with Gasteiger partial charge in [0.05, 0.1) is 13.1 Å². The molecule has 1 aromatic rings. The van der Waals surface area contributed by atoms with E-state index in [4.69, 9.17) is 9.84 Å². The number of fused-ring (bicyclic) bond motifs is 1. The smallest absolute Gasteiger partial charge is 0.491 e. The topological polar surface area (TPSA) is 76.1 Å². The zero-order valence-electron chi connectivity index (χ0n) is 10.5. The molecule has 1 heterocycles. The van der Waals surface area contributed by atoms with Crippen LogP contribution in [0.15, 0.2) is 18.2 Å². The SMILES string of the molecule is O=C(O)C(=O)N1CCOc2ccc(OC(F)(F)F)cc2C1. The lowest BCUT2D eigenvalue weighted by molar-refractivity contribution is -0.274. The first kappa shape index (κ1) is 14.9. The molecular weight excluding hydrogens is 295 g/mol. The number of halogens is 3. The molecule has 0 saturated carbocycles. The average Bonchev–Trinajstić information content (AvgIpc) is 2.57. The Hall–Kier alpha value is -2.45. The number of ether oxygens (including phenoxy) is 2. The molecule has 0 atom stereocenters. The Labute approximate surface area is 116 Å². The molecule has 0 unspecified atom stereocenters. The lowest BCUT2D eigenvalue weighted by Gasteiger charge is -2.17. The highest BCUT2D eigenvalue weighted by molar-refractivity contribution is 6.31. The lowest BCUT2D eigenvalue weighted by atomic mass is 10.2. The van der Waals surface area contributed by atoms with E-state index in [1.54, 1.807) is 0 Å². The maximum atomic E-state index is 12.2. The van der Waals surface area contributed by atoms with E-state index in [-0.39, 0.29) is 31.0 Å². The Morgan fingerprint density at radius 3 is 2.67 bits per heavy atom. The summed E-state index contributed by atoms with van der Waals surface area (Å²) in [5.74, 6) is -2.96. The third kappa shape index (κ3) is 3.77. The molecule has 1 aliphatic heterocycles. The molecule has 0 fully saturated rings. The number of nitrogens with zero attached hydrogens (tertiary/aromatic N) is 1. The second-order valence-electron chi connectivity index (χ2n) is 4.20. The fourth-order valence-corrected chi connectivity index (χ4v) is 1.88. The van der Waals surface area contributed by atoms with E-state index in [1.807, 2.05) is 0 Å². The highest BCUT2D eigenvalue weighted by Crippen LogP contribution is 2.30. The minimum atomic E-state index is -4.84. The fraction of sp³-hybridized carbons (Fsp3) is 0.333. The minimum absolute atomic E-state index is 0.0231. The maximum absolute atomic E-state index is 12.2. The quantitative estimate of drug-likeness (QED) is 0.794. The van der Waals surface area contributed by atoms with Crippen molar-refractivity contribution in [2.24, 2.45) is 0 Å². The Kier molecular flexibility index (Phi) is 3.92. The Bertz CT molecular complexity index is 573. The molecule has 0 aliphatic carbocycles. The molecule has 0 saturated heterocycles. The molecule has 1 aliphatic rings. The van der Waals surface area contributed by atoms with E-state index in [0.717, 1.165) is 17.0 Å². The van der Waals surface area contributed by atoms with Gasteiger partial charge in [0.2, 0.25) is 0 Å². The minimum Gasteiger partial charge on any atom is -0.491 e. The van der Waals surface area contributed by atoms with Crippen LogP contribution in [0.4, 0.5) is 13.2 Å². The first-order chi connectivity index (χ1) is 9.76. The molecule has 1 aromatic carbocycles. The molecule has 9 heteroatoms. The molecule has 0 aromatic heterocycles. The summed E-state index contributed by atoms with van der Waals surface area (Å²) in [6, 6.07) is 3.43. The summed E-state index contributed by atoms with van der Waals surface area (Å²) >= 11 is 0. The van der Waals surface area contributed by atoms with Crippen molar-refractivity contribution in [3.63, 3.8) is 0 Å². The predicted octanol–water partition coefficient (Wildman–Crippen LogP) is 1.39. The van der Waals surface area contributed by atoms with E-state index < -0.39 is 24.0 Å². The van der Waals surface area contributed by atoms with Gasteiger partial charge in [0.15, 0.2) is 0 Å². The van der Waals surface area contributed by atoms with Crippen molar-refractivity contribution in [3.8, 4) is 11.5 Å². The zero-order chi connectivity index (χ0) is 15.6. The second-order valence-corrected chi connectivity index (χ2v) is 4.20. The van der Waals surface area contributed by atoms with Crippen LogP contribution < -0.4 is 9.47 Å².